The normalized spacial score (nSPS) is 20.9. The molecular formula is C25H28N2O7S. The number of hydrogen-bond donors (Lipinski definition) is 1. The molecule has 9 nitrogen and oxygen atoms in total. The van der Waals surface area contributed by atoms with Crippen molar-refractivity contribution in [2.24, 2.45) is 0 Å². The molecule has 0 spiro atoms. The molecule has 0 unspecified atom stereocenters. The van der Waals surface area contributed by atoms with E-state index >= 15 is 0 Å². The average molecular weight is 501 g/mol. The second kappa shape index (κ2) is 10.7. The number of hydrogen-bond acceptors (Lipinski definition) is 7. The fraction of sp³-hybridized carbons (Fsp3) is 0.360. The van der Waals surface area contributed by atoms with Gasteiger partial charge in [-0.15, -0.1) is 0 Å². The van der Waals surface area contributed by atoms with E-state index in [2.05, 4.69) is 0 Å². The van der Waals surface area contributed by atoms with Crippen molar-refractivity contribution in [1.29, 1.82) is 0 Å². The molecule has 0 saturated carbocycles. The van der Waals surface area contributed by atoms with Crippen molar-refractivity contribution in [3.63, 3.8) is 0 Å². The number of aliphatic hydroxyl groups excluding tert-OH is 1. The molecule has 0 bridgehead atoms. The van der Waals surface area contributed by atoms with Gasteiger partial charge in [-0.05, 0) is 36.2 Å². The van der Waals surface area contributed by atoms with Crippen LogP contribution in [0, 0.1) is 0 Å². The third kappa shape index (κ3) is 5.01. The number of nitrogens with zero attached hydrogens (tertiary/aromatic N) is 2. The molecular weight excluding hydrogens is 472 g/mol. The molecule has 0 radical (unpaired) electrons. The SMILES string of the molecule is COCCCN1C(=O)C(=O)/C(=C(/O)c2ccc(S(=O)(=O)N3CCOCC3)cc2)[C@H]1c1ccccc1. The van der Waals surface area contributed by atoms with E-state index in [-0.39, 0.29) is 41.4 Å². The number of likely N-dealkylation sites (tertiary alicyclic amines) is 1. The lowest BCUT2D eigenvalue weighted by Crippen LogP contribution is -2.40. The van der Waals surface area contributed by atoms with Crippen LogP contribution in [0.5, 0.6) is 0 Å². The number of rotatable bonds is 8. The molecule has 1 amide bonds. The second-order valence-corrected chi connectivity index (χ2v) is 10.2. The predicted molar refractivity (Wildman–Crippen MR) is 128 cm³/mol. The van der Waals surface area contributed by atoms with Crippen molar-refractivity contribution in [1.82, 2.24) is 9.21 Å². The zero-order chi connectivity index (χ0) is 25.0. The van der Waals surface area contributed by atoms with Gasteiger partial charge in [0.15, 0.2) is 0 Å². The number of benzene rings is 2. The van der Waals surface area contributed by atoms with Gasteiger partial charge in [-0.1, -0.05) is 30.3 Å². The third-order valence-electron chi connectivity index (χ3n) is 6.14. The minimum Gasteiger partial charge on any atom is -0.507 e. The fourth-order valence-corrected chi connectivity index (χ4v) is 5.76. The number of Topliss-reactive ketones (excluding diaryl/α,β-unsaturated/α-hetero) is 1. The summed E-state index contributed by atoms with van der Waals surface area (Å²) in [6.07, 6.45) is 0.529. The minimum atomic E-state index is -3.70. The smallest absolute Gasteiger partial charge is 0.295 e. The largest absolute Gasteiger partial charge is 0.507 e. The van der Waals surface area contributed by atoms with Crippen LogP contribution in [0.1, 0.15) is 23.6 Å². The monoisotopic (exact) mass is 500 g/mol. The summed E-state index contributed by atoms with van der Waals surface area (Å²) >= 11 is 0. The van der Waals surface area contributed by atoms with E-state index in [1.54, 1.807) is 31.4 Å². The quantitative estimate of drug-likeness (QED) is 0.256. The third-order valence-corrected chi connectivity index (χ3v) is 8.05. The molecule has 2 aromatic rings. The molecule has 0 aromatic heterocycles. The minimum absolute atomic E-state index is 0.0256. The van der Waals surface area contributed by atoms with E-state index in [4.69, 9.17) is 9.47 Å². The highest BCUT2D eigenvalue weighted by atomic mass is 32.2. The van der Waals surface area contributed by atoms with E-state index in [0.29, 0.717) is 31.8 Å². The molecule has 10 heteroatoms. The summed E-state index contributed by atoms with van der Waals surface area (Å²) < 4.78 is 37.5. The van der Waals surface area contributed by atoms with Gasteiger partial charge in [-0.2, -0.15) is 4.31 Å². The van der Waals surface area contributed by atoms with Crippen molar-refractivity contribution >= 4 is 27.5 Å². The first kappa shape index (κ1) is 25.1. The van der Waals surface area contributed by atoms with Gasteiger partial charge in [0.05, 0.1) is 29.7 Å². The van der Waals surface area contributed by atoms with Crippen molar-refractivity contribution in [2.45, 2.75) is 17.4 Å². The summed E-state index contributed by atoms with van der Waals surface area (Å²) in [5.41, 5.74) is 0.918. The molecule has 186 valence electrons. The summed E-state index contributed by atoms with van der Waals surface area (Å²) in [6, 6.07) is 13.9. The first-order valence-electron chi connectivity index (χ1n) is 11.4. The van der Waals surface area contributed by atoms with Gasteiger partial charge in [-0.3, -0.25) is 9.59 Å². The summed E-state index contributed by atoms with van der Waals surface area (Å²) in [5.74, 6) is -1.82. The van der Waals surface area contributed by atoms with Crippen LogP contribution in [0.2, 0.25) is 0 Å². The van der Waals surface area contributed by atoms with Gasteiger partial charge in [0.1, 0.15) is 5.76 Å². The maximum absolute atomic E-state index is 13.0. The average Bonchev–Trinajstić information content (AvgIpc) is 3.14. The maximum Gasteiger partial charge on any atom is 0.295 e. The number of methoxy groups -OCH3 is 1. The molecule has 2 aromatic carbocycles. The molecule has 2 heterocycles. The second-order valence-electron chi connectivity index (χ2n) is 8.29. The molecule has 1 atom stereocenters. The molecule has 2 fully saturated rings. The zero-order valence-electron chi connectivity index (χ0n) is 19.4. The number of ether oxygens (including phenoxy) is 2. The van der Waals surface area contributed by atoms with Crippen LogP contribution in [0.4, 0.5) is 0 Å². The standard InChI is InChI=1S/C25H28N2O7S/c1-33-15-5-12-27-22(18-6-3-2-4-7-18)21(24(29)25(27)30)23(28)19-8-10-20(11-9-19)35(31,32)26-13-16-34-17-14-26/h2-4,6-11,22,28H,5,12-17H2,1H3/b23-21+/t22-/m1/s1. The molecule has 35 heavy (non-hydrogen) atoms. The number of sulfonamides is 1. The number of amides is 1. The van der Waals surface area contributed by atoms with Crippen LogP contribution in [0.3, 0.4) is 0 Å². The summed E-state index contributed by atoms with van der Waals surface area (Å²) in [4.78, 5) is 27.4. The van der Waals surface area contributed by atoms with Crippen LogP contribution in [0.25, 0.3) is 5.76 Å². The molecule has 1 N–H and O–H groups in total. The van der Waals surface area contributed by atoms with Crippen molar-refractivity contribution in [3.05, 3.63) is 71.3 Å². The van der Waals surface area contributed by atoms with E-state index in [0.717, 1.165) is 0 Å². The number of ketones is 1. The molecule has 2 aliphatic rings. The lowest BCUT2D eigenvalue weighted by molar-refractivity contribution is -0.140. The lowest BCUT2D eigenvalue weighted by Gasteiger charge is -2.26. The van der Waals surface area contributed by atoms with Gasteiger partial charge in [0.25, 0.3) is 11.7 Å². The number of aliphatic hydroxyl groups is 1. The van der Waals surface area contributed by atoms with Crippen LogP contribution >= 0.6 is 0 Å². The van der Waals surface area contributed by atoms with E-state index < -0.39 is 27.8 Å². The van der Waals surface area contributed by atoms with Gasteiger partial charge < -0.3 is 19.5 Å². The van der Waals surface area contributed by atoms with Crippen molar-refractivity contribution in [2.75, 3.05) is 46.6 Å². The zero-order valence-corrected chi connectivity index (χ0v) is 20.2. The molecule has 2 aliphatic heterocycles. The highest BCUT2D eigenvalue weighted by Gasteiger charge is 2.45. The van der Waals surface area contributed by atoms with Crippen LogP contribution in [-0.2, 0) is 29.1 Å². The Labute approximate surface area is 204 Å². The maximum atomic E-state index is 13.0. The number of carbonyl (C=O) groups excluding carboxylic acids is 2. The van der Waals surface area contributed by atoms with Crippen LogP contribution < -0.4 is 0 Å². The Balaban J connectivity index is 1.70. The Bertz CT molecular complexity index is 1200. The van der Waals surface area contributed by atoms with Crippen LogP contribution in [0.15, 0.2) is 65.1 Å². The Morgan fingerprint density at radius 1 is 1.06 bits per heavy atom. The lowest BCUT2D eigenvalue weighted by atomic mass is 9.95. The van der Waals surface area contributed by atoms with Gasteiger partial charge in [0.2, 0.25) is 10.0 Å². The van der Waals surface area contributed by atoms with Gasteiger partial charge in [-0.25, -0.2) is 8.42 Å². The Kier molecular flexibility index (Phi) is 7.66. The molecule has 2 saturated heterocycles. The number of morpholine rings is 1. The van der Waals surface area contributed by atoms with Crippen molar-refractivity contribution in [3.8, 4) is 0 Å². The Hall–Kier alpha value is -3.05. The first-order valence-corrected chi connectivity index (χ1v) is 12.8. The van der Waals surface area contributed by atoms with Crippen LogP contribution in [-0.4, -0.2) is 81.0 Å². The summed E-state index contributed by atoms with van der Waals surface area (Å²) in [6.45, 7) is 1.92. The Morgan fingerprint density at radius 2 is 1.71 bits per heavy atom. The van der Waals surface area contributed by atoms with E-state index in [1.165, 1.54) is 33.5 Å². The van der Waals surface area contributed by atoms with E-state index in [9.17, 15) is 23.1 Å². The Morgan fingerprint density at radius 3 is 2.34 bits per heavy atom. The topological polar surface area (TPSA) is 113 Å². The molecule has 4 rings (SSSR count). The highest BCUT2D eigenvalue weighted by Crippen LogP contribution is 2.39. The summed E-state index contributed by atoms with van der Waals surface area (Å²) in [7, 11) is -2.14. The first-order chi connectivity index (χ1) is 16.9. The van der Waals surface area contributed by atoms with Gasteiger partial charge in [0, 0.05) is 38.9 Å². The number of carbonyl (C=O) groups is 2. The van der Waals surface area contributed by atoms with Gasteiger partial charge >= 0.3 is 0 Å². The summed E-state index contributed by atoms with van der Waals surface area (Å²) in [5, 5.41) is 11.2. The van der Waals surface area contributed by atoms with E-state index in [1.807, 2.05) is 6.07 Å². The molecule has 0 aliphatic carbocycles. The predicted octanol–water partition coefficient (Wildman–Crippen LogP) is 2.17. The van der Waals surface area contributed by atoms with Crippen molar-refractivity contribution < 1.29 is 32.6 Å². The fourth-order valence-electron chi connectivity index (χ4n) is 4.35. The highest BCUT2D eigenvalue weighted by molar-refractivity contribution is 7.89.